The molecular weight excluding hydrogens is 423 g/mol. The first-order chi connectivity index (χ1) is 13.1. The number of sulfonamides is 1. The maximum Gasteiger partial charge on any atom is 0.248 e. The van der Waals surface area contributed by atoms with Gasteiger partial charge in [0.15, 0.2) is 0 Å². The summed E-state index contributed by atoms with van der Waals surface area (Å²) in [5, 5.41) is 3.53. The molecule has 0 aliphatic rings. The number of hydrogen-bond acceptors (Lipinski definition) is 4. The quantitative estimate of drug-likeness (QED) is 0.681. The molecule has 1 unspecified atom stereocenters. The molecule has 0 spiro atoms. The van der Waals surface area contributed by atoms with Crippen molar-refractivity contribution >= 4 is 50.5 Å². The zero-order valence-electron chi connectivity index (χ0n) is 16.0. The van der Waals surface area contributed by atoms with Gasteiger partial charge in [-0.25, -0.2) is 8.42 Å². The number of halogens is 2. The summed E-state index contributed by atoms with van der Waals surface area (Å²) in [6.45, 7) is 3.51. The van der Waals surface area contributed by atoms with E-state index < -0.39 is 22.0 Å². The summed E-state index contributed by atoms with van der Waals surface area (Å²) in [6, 6.07) is 8.73. The van der Waals surface area contributed by atoms with E-state index in [0.29, 0.717) is 22.0 Å². The molecule has 0 saturated carbocycles. The van der Waals surface area contributed by atoms with Crippen LogP contribution in [0.2, 0.25) is 10.0 Å². The fraction of sp³-hybridized carbons (Fsp3) is 0.316. The van der Waals surface area contributed by atoms with Crippen molar-refractivity contribution in [2.75, 3.05) is 23.0 Å². The molecule has 0 aliphatic heterocycles. The molecule has 0 fully saturated rings. The number of rotatable bonds is 7. The molecule has 0 heterocycles. The summed E-state index contributed by atoms with van der Waals surface area (Å²) in [4.78, 5) is 13.0. The maximum absolute atomic E-state index is 13.0. The predicted molar refractivity (Wildman–Crippen MR) is 114 cm³/mol. The molecule has 2 aromatic carbocycles. The largest absolute Gasteiger partial charge is 0.495 e. The van der Waals surface area contributed by atoms with Crippen LogP contribution in [-0.4, -0.2) is 33.7 Å². The van der Waals surface area contributed by atoms with E-state index >= 15 is 0 Å². The van der Waals surface area contributed by atoms with Crippen LogP contribution in [0.3, 0.4) is 0 Å². The number of benzene rings is 2. The second kappa shape index (κ2) is 9.03. The van der Waals surface area contributed by atoms with Crippen LogP contribution in [0.4, 0.5) is 11.4 Å². The van der Waals surface area contributed by atoms with Crippen molar-refractivity contribution < 1.29 is 17.9 Å². The Bertz CT molecular complexity index is 980. The molecule has 1 N–H and O–H groups in total. The topological polar surface area (TPSA) is 75.7 Å². The number of nitrogens with one attached hydrogen (secondary N) is 1. The summed E-state index contributed by atoms with van der Waals surface area (Å²) < 4.78 is 31.2. The second-order valence-corrected chi connectivity index (χ2v) is 8.88. The highest BCUT2D eigenvalue weighted by atomic mass is 35.5. The highest BCUT2D eigenvalue weighted by Gasteiger charge is 2.32. The first-order valence-corrected chi connectivity index (χ1v) is 11.1. The van der Waals surface area contributed by atoms with E-state index in [1.807, 2.05) is 0 Å². The summed E-state index contributed by atoms with van der Waals surface area (Å²) >= 11 is 12.3. The lowest BCUT2D eigenvalue weighted by atomic mass is 10.1. The minimum Gasteiger partial charge on any atom is -0.495 e. The van der Waals surface area contributed by atoms with E-state index in [9.17, 15) is 13.2 Å². The van der Waals surface area contributed by atoms with Gasteiger partial charge in [0.25, 0.3) is 0 Å². The third kappa shape index (κ3) is 4.90. The summed E-state index contributed by atoms with van der Waals surface area (Å²) in [6.07, 6.45) is 1.30. The highest BCUT2D eigenvalue weighted by Crippen LogP contribution is 2.32. The van der Waals surface area contributed by atoms with E-state index in [1.165, 1.54) is 13.2 Å². The number of amides is 1. The van der Waals surface area contributed by atoms with Gasteiger partial charge >= 0.3 is 0 Å². The van der Waals surface area contributed by atoms with Crippen molar-refractivity contribution in [3.05, 3.63) is 52.0 Å². The number of anilines is 2. The molecule has 2 aromatic rings. The summed E-state index contributed by atoms with van der Waals surface area (Å²) in [5.74, 6) is -0.0591. The first-order valence-electron chi connectivity index (χ1n) is 8.49. The van der Waals surface area contributed by atoms with Crippen LogP contribution in [0.1, 0.15) is 18.9 Å². The lowest BCUT2D eigenvalue weighted by Gasteiger charge is -2.30. The lowest BCUT2D eigenvalue weighted by molar-refractivity contribution is -0.117. The van der Waals surface area contributed by atoms with Crippen LogP contribution in [0, 0.1) is 6.92 Å². The molecule has 0 bridgehead atoms. The average molecular weight is 445 g/mol. The molecule has 9 heteroatoms. The normalized spacial score (nSPS) is 12.4. The van der Waals surface area contributed by atoms with E-state index in [2.05, 4.69) is 5.32 Å². The van der Waals surface area contributed by atoms with Crippen LogP contribution < -0.4 is 14.4 Å². The third-order valence-electron chi connectivity index (χ3n) is 4.25. The smallest absolute Gasteiger partial charge is 0.248 e. The van der Waals surface area contributed by atoms with E-state index in [4.69, 9.17) is 27.9 Å². The van der Waals surface area contributed by atoms with Crippen LogP contribution in [0.15, 0.2) is 36.4 Å². The van der Waals surface area contributed by atoms with Crippen molar-refractivity contribution in [3.63, 3.8) is 0 Å². The van der Waals surface area contributed by atoms with Crippen molar-refractivity contribution in [3.8, 4) is 5.75 Å². The average Bonchev–Trinajstić information content (AvgIpc) is 2.62. The monoisotopic (exact) mass is 444 g/mol. The number of carbonyl (C=O) groups is 1. The van der Waals surface area contributed by atoms with Gasteiger partial charge < -0.3 is 10.1 Å². The van der Waals surface area contributed by atoms with Crippen LogP contribution in [0.25, 0.3) is 0 Å². The minimum absolute atomic E-state index is 0.245. The van der Waals surface area contributed by atoms with Gasteiger partial charge in [-0.2, -0.15) is 0 Å². The molecule has 0 saturated heterocycles. The number of carbonyl (C=O) groups excluding carboxylic acids is 1. The molecular formula is C19H22Cl2N2O4S. The number of methoxy groups -OCH3 is 1. The molecule has 1 atom stereocenters. The summed E-state index contributed by atoms with van der Waals surface area (Å²) in [7, 11) is -2.31. The van der Waals surface area contributed by atoms with Gasteiger partial charge in [-0.15, -0.1) is 0 Å². The molecule has 0 radical (unpaired) electrons. The van der Waals surface area contributed by atoms with E-state index in [1.54, 1.807) is 44.2 Å². The fourth-order valence-corrected chi connectivity index (χ4v) is 4.44. The zero-order valence-corrected chi connectivity index (χ0v) is 18.3. The fourth-order valence-electron chi connectivity index (χ4n) is 2.81. The Labute approximate surface area is 175 Å². The van der Waals surface area contributed by atoms with Gasteiger partial charge in [-0.3, -0.25) is 9.10 Å². The molecule has 2 rings (SSSR count). The molecule has 1 amide bonds. The second-order valence-electron chi connectivity index (χ2n) is 6.20. The Morgan fingerprint density at radius 2 is 1.89 bits per heavy atom. The standard InChI is InChI=1S/C19H22Cl2N2O4S/c1-5-17(19(24)22-16-8-6-7-14(20)12(16)2)23(28(4,25)26)13-9-10-18(27-3)15(21)11-13/h6-11,17H,5H2,1-4H3,(H,22,24). The molecule has 0 aliphatic carbocycles. The van der Waals surface area contributed by atoms with Gasteiger partial charge in [-0.1, -0.05) is 36.2 Å². The first kappa shape index (κ1) is 22.3. The Morgan fingerprint density at radius 3 is 2.43 bits per heavy atom. The minimum atomic E-state index is -3.77. The van der Waals surface area contributed by atoms with Gasteiger partial charge in [0.2, 0.25) is 15.9 Å². The van der Waals surface area contributed by atoms with Gasteiger partial charge in [0.05, 0.1) is 24.1 Å². The van der Waals surface area contributed by atoms with Crippen molar-refractivity contribution in [1.29, 1.82) is 0 Å². The van der Waals surface area contributed by atoms with Crippen molar-refractivity contribution in [2.24, 2.45) is 0 Å². The number of hydrogen-bond donors (Lipinski definition) is 1. The summed E-state index contributed by atoms with van der Waals surface area (Å²) in [5.41, 5.74) is 1.50. The SMILES string of the molecule is CCC(C(=O)Nc1cccc(Cl)c1C)N(c1ccc(OC)c(Cl)c1)S(C)(=O)=O. The number of nitrogens with zero attached hydrogens (tertiary/aromatic N) is 1. The molecule has 152 valence electrons. The van der Waals surface area contributed by atoms with Gasteiger partial charge in [0.1, 0.15) is 11.8 Å². The molecule has 6 nitrogen and oxygen atoms in total. The lowest BCUT2D eigenvalue weighted by Crippen LogP contribution is -2.47. The van der Waals surface area contributed by atoms with Crippen LogP contribution in [0.5, 0.6) is 5.75 Å². The maximum atomic E-state index is 13.0. The Morgan fingerprint density at radius 1 is 1.21 bits per heavy atom. The highest BCUT2D eigenvalue weighted by molar-refractivity contribution is 7.92. The predicted octanol–water partition coefficient (Wildman–Crippen LogP) is 4.49. The van der Waals surface area contributed by atoms with Crippen LogP contribution in [-0.2, 0) is 14.8 Å². The molecule has 0 aromatic heterocycles. The third-order valence-corrected chi connectivity index (χ3v) is 6.13. The van der Waals surface area contributed by atoms with Crippen LogP contribution >= 0.6 is 23.2 Å². The van der Waals surface area contributed by atoms with Gasteiger partial charge in [0, 0.05) is 10.7 Å². The van der Waals surface area contributed by atoms with E-state index in [-0.39, 0.29) is 17.1 Å². The van der Waals surface area contributed by atoms with Crippen molar-refractivity contribution in [2.45, 2.75) is 26.3 Å². The Hall–Kier alpha value is -1.96. The Kier molecular flexibility index (Phi) is 7.20. The van der Waals surface area contributed by atoms with Gasteiger partial charge in [-0.05, 0) is 49.2 Å². The van der Waals surface area contributed by atoms with E-state index in [0.717, 1.165) is 10.6 Å². The number of ether oxygens (including phenoxy) is 1. The van der Waals surface area contributed by atoms with Crippen molar-refractivity contribution in [1.82, 2.24) is 0 Å². The Balaban J connectivity index is 2.44. The zero-order chi connectivity index (χ0) is 21.1. The molecule has 28 heavy (non-hydrogen) atoms.